The lowest BCUT2D eigenvalue weighted by atomic mass is 9.99. The highest BCUT2D eigenvalue weighted by Crippen LogP contribution is 2.48. The van der Waals surface area contributed by atoms with E-state index in [1.165, 1.54) is 22.9 Å². The van der Waals surface area contributed by atoms with Gasteiger partial charge in [-0.3, -0.25) is 9.69 Å². The number of fused-ring (bicyclic) bond motifs is 2. The molecule has 0 unspecified atom stereocenters. The Hall–Kier alpha value is -2.32. The number of carbonyl (C=O) groups is 1. The molecule has 2 aromatic carbocycles. The summed E-state index contributed by atoms with van der Waals surface area (Å²) in [6, 6.07) is 11.6. The molecule has 1 aromatic heterocycles. The number of hydrogen-bond acceptors (Lipinski definition) is 6. The van der Waals surface area contributed by atoms with Crippen molar-refractivity contribution in [3.8, 4) is 0 Å². The number of aromatic nitrogens is 2. The predicted octanol–water partition coefficient (Wildman–Crippen LogP) is 6.00. The van der Waals surface area contributed by atoms with Gasteiger partial charge in [0, 0.05) is 25.0 Å². The van der Waals surface area contributed by atoms with Crippen LogP contribution < -0.4 is 10.2 Å². The van der Waals surface area contributed by atoms with Crippen molar-refractivity contribution in [1.29, 1.82) is 0 Å². The van der Waals surface area contributed by atoms with Crippen molar-refractivity contribution in [3.63, 3.8) is 0 Å². The molecule has 170 valence electrons. The van der Waals surface area contributed by atoms with Crippen molar-refractivity contribution < 1.29 is 4.79 Å². The number of benzene rings is 2. The molecule has 0 radical (unpaired) electrons. The molecule has 5 rings (SSSR count). The van der Waals surface area contributed by atoms with Crippen LogP contribution in [0, 0.1) is 0 Å². The fourth-order valence-electron chi connectivity index (χ4n) is 4.28. The number of rotatable bonds is 3. The number of hydrogen-bond donors (Lipinski definition) is 1. The van der Waals surface area contributed by atoms with E-state index in [1.54, 1.807) is 29.3 Å². The number of amides is 1. The molecule has 0 atom stereocenters. The van der Waals surface area contributed by atoms with Crippen molar-refractivity contribution in [3.05, 3.63) is 69.3 Å². The van der Waals surface area contributed by atoms with Crippen LogP contribution in [0.5, 0.6) is 0 Å². The number of thioether (sulfide) groups is 1. The molecule has 0 aliphatic carbocycles. The molecule has 0 bridgehead atoms. The number of halogens is 2. The van der Waals surface area contributed by atoms with E-state index in [-0.39, 0.29) is 5.91 Å². The van der Waals surface area contributed by atoms with Gasteiger partial charge in [-0.05, 0) is 62.7 Å². The minimum Gasteiger partial charge on any atom is -0.324 e. The molecule has 0 saturated heterocycles. The topological polar surface area (TPSA) is 61.4 Å². The Morgan fingerprint density at radius 1 is 1.12 bits per heavy atom. The number of carbonyl (C=O) groups excluding carboxylic acids is 1. The van der Waals surface area contributed by atoms with Crippen molar-refractivity contribution >= 4 is 58.2 Å². The van der Waals surface area contributed by atoms with Gasteiger partial charge in [0.15, 0.2) is 0 Å². The Bertz CT molecular complexity index is 1250. The van der Waals surface area contributed by atoms with E-state index in [0.717, 1.165) is 25.2 Å². The zero-order chi connectivity index (χ0) is 23.3. The van der Waals surface area contributed by atoms with E-state index in [2.05, 4.69) is 45.4 Å². The van der Waals surface area contributed by atoms with Gasteiger partial charge >= 0.3 is 0 Å². The van der Waals surface area contributed by atoms with Crippen molar-refractivity contribution in [1.82, 2.24) is 14.9 Å². The van der Waals surface area contributed by atoms with E-state index in [4.69, 9.17) is 23.2 Å². The summed E-state index contributed by atoms with van der Waals surface area (Å²) in [4.78, 5) is 25.9. The van der Waals surface area contributed by atoms with Gasteiger partial charge in [-0.1, -0.05) is 47.1 Å². The first kappa shape index (κ1) is 22.5. The zero-order valence-corrected chi connectivity index (χ0v) is 20.9. The van der Waals surface area contributed by atoms with Gasteiger partial charge in [-0.25, -0.2) is 9.97 Å². The van der Waals surface area contributed by atoms with E-state index in [9.17, 15) is 4.79 Å². The summed E-state index contributed by atoms with van der Waals surface area (Å²) in [6.07, 6.45) is 2.63. The summed E-state index contributed by atoms with van der Waals surface area (Å²) in [6.45, 7) is 5.90. The maximum Gasteiger partial charge on any atom is 0.263 e. The maximum absolute atomic E-state index is 13.5. The van der Waals surface area contributed by atoms with Crippen LogP contribution in [0.2, 0.25) is 10.0 Å². The Morgan fingerprint density at radius 2 is 1.88 bits per heavy atom. The average Bonchev–Trinajstić information content (AvgIpc) is 2.75. The van der Waals surface area contributed by atoms with Crippen LogP contribution in [0.15, 0.2) is 47.6 Å². The van der Waals surface area contributed by atoms with E-state index in [0.29, 0.717) is 32.3 Å². The fraction of sp³-hybridized carbons (Fsp3) is 0.292. The molecule has 1 N–H and O–H groups in total. The average molecular weight is 500 g/mol. The summed E-state index contributed by atoms with van der Waals surface area (Å²) in [5.41, 5.74) is 4.54. The van der Waals surface area contributed by atoms with Crippen LogP contribution in [-0.2, 0) is 13.0 Å². The molecule has 9 heteroatoms. The molecule has 6 nitrogen and oxygen atoms in total. The number of para-hydroxylation sites is 1. The molecule has 2 aliphatic heterocycles. The van der Waals surface area contributed by atoms with Gasteiger partial charge < -0.3 is 10.2 Å². The quantitative estimate of drug-likeness (QED) is 0.445. The zero-order valence-electron chi connectivity index (χ0n) is 18.5. The largest absolute Gasteiger partial charge is 0.324 e. The SMILES string of the molecule is CN1CCc2ccc(Nc3ncc4c(n3)SC(C)(C)N(c3c(Cl)cccc3Cl)C4=O)cc2C1. The number of nitrogens with zero attached hydrogens (tertiary/aromatic N) is 4. The first-order chi connectivity index (χ1) is 15.7. The molecular weight excluding hydrogens is 477 g/mol. The Balaban J connectivity index is 1.46. The maximum atomic E-state index is 13.5. The lowest BCUT2D eigenvalue weighted by Crippen LogP contribution is -2.49. The van der Waals surface area contributed by atoms with Gasteiger partial charge in [-0.2, -0.15) is 0 Å². The number of nitrogens with one attached hydrogen (secondary N) is 1. The Morgan fingerprint density at radius 3 is 2.64 bits per heavy atom. The molecule has 3 aromatic rings. The molecule has 0 fully saturated rings. The van der Waals surface area contributed by atoms with Crippen LogP contribution in [0.25, 0.3) is 0 Å². The van der Waals surface area contributed by atoms with Gasteiger partial charge in [0.1, 0.15) is 5.03 Å². The van der Waals surface area contributed by atoms with Gasteiger partial charge in [0.2, 0.25) is 5.95 Å². The normalized spacial score (nSPS) is 17.5. The molecule has 3 heterocycles. The summed E-state index contributed by atoms with van der Waals surface area (Å²) in [5.74, 6) is 0.227. The minimum atomic E-state index is -0.652. The summed E-state index contributed by atoms with van der Waals surface area (Å²) < 4.78 is 0. The van der Waals surface area contributed by atoms with Crippen LogP contribution in [0.3, 0.4) is 0 Å². The highest BCUT2D eigenvalue weighted by molar-refractivity contribution is 8.00. The molecule has 2 aliphatic rings. The number of likely N-dealkylation sites (N-methyl/N-ethyl adjacent to an activating group) is 1. The molecule has 1 amide bonds. The van der Waals surface area contributed by atoms with Crippen LogP contribution in [-0.4, -0.2) is 39.2 Å². The summed E-state index contributed by atoms with van der Waals surface area (Å²) in [7, 11) is 2.13. The first-order valence-corrected chi connectivity index (χ1v) is 12.2. The second-order valence-electron chi connectivity index (χ2n) is 8.77. The second-order valence-corrected chi connectivity index (χ2v) is 11.2. The van der Waals surface area contributed by atoms with Crippen LogP contribution in [0.4, 0.5) is 17.3 Å². The monoisotopic (exact) mass is 499 g/mol. The lowest BCUT2D eigenvalue weighted by molar-refractivity contribution is 0.0969. The lowest BCUT2D eigenvalue weighted by Gasteiger charge is -2.42. The van der Waals surface area contributed by atoms with Gasteiger partial charge in [0.25, 0.3) is 5.91 Å². The molecule has 0 saturated carbocycles. The highest BCUT2D eigenvalue weighted by atomic mass is 35.5. The molecule has 0 spiro atoms. The van der Waals surface area contributed by atoms with Crippen molar-refractivity contribution in [2.24, 2.45) is 0 Å². The van der Waals surface area contributed by atoms with Crippen LogP contribution >= 0.6 is 35.0 Å². The third kappa shape index (κ3) is 4.19. The number of anilines is 3. The van der Waals surface area contributed by atoms with Gasteiger partial charge in [-0.15, -0.1) is 0 Å². The van der Waals surface area contributed by atoms with Crippen molar-refractivity contribution in [2.75, 3.05) is 23.8 Å². The Labute approximate surface area is 207 Å². The van der Waals surface area contributed by atoms with E-state index >= 15 is 0 Å². The molecular formula is C24H23Cl2N5OS. The summed E-state index contributed by atoms with van der Waals surface area (Å²) in [5, 5.41) is 4.77. The first-order valence-electron chi connectivity index (χ1n) is 10.6. The van der Waals surface area contributed by atoms with E-state index < -0.39 is 4.87 Å². The third-order valence-electron chi connectivity index (χ3n) is 5.90. The standard InChI is InChI=1S/C24H23Cl2N5OS/c1-24(2)31(20-18(25)5-4-6-19(20)26)22(32)17-12-27-23(29-21(17)33-24)28-16-8-7-14-9-10-30(3)13-15(14)11-16/h4-8,11-12H,9-10,13H2,1-3H3,(H,27,28,29). The van der Waals surface area contributed by atoms with Crippen molar-refractivity contribution in [2.45, 2.75) is 36.7 Å². The molecule has 33 heavy (non-hydrogen) atoms. The summed E-state index contributed by atoms with van der Waals surface area (Å²) >= 11 is 14.3. The van der Waals surface area contributed by atoms with Gasteiger partial charge in [0.05, 0.1) is 26.2 Å². The minimum absolute atomic E-state index is 0.230. The van der Waals surface area contributed by atoms with Crippen LogP contribution in [0.1, 0.15) is 35.3 Å². The predicted molar refractivity (Wildman–Crippen MR) is 135 cm³/mol. The third-order valence-corrected chi connectivity index (χ3v) is 7.70. The van der Waals surface area contributed by atoms with E-state index in [1.807, 2.05) is 13.8 Å². The highest BCUT2D eigenvalue weighted by Gasteiger charge is 2.42. The Kier molecular flexibility index (Phi) is 5.77. The smallest absolute Gasteiger partial charge is 0.263 e. The second kappa shape index (κ2) is 8.47. The fourth-order valence-corrected chi connectivity index (χ4v) is 5.96.